The average molecular weight is 493 g/mol. The Kier molecular flexibility index (Phi) is 6.08. The Hall–Kier alpha value is -3.63. The van der Waals surface area contributed by atoms with Crippen LogP contribution < -0.4 is 19.3 Å². The van der Waals surface area contributed by atoms with Crippen molar-refractivity contribution >= 4 is 33.0 Å². The normalized spacial score (nSPS) is 16.9. The van der Waals surface area contributed by atoms with E-state index in [0.29, 0.717) is 22.8 Å². The number of benzene rings is 2. The number of rotatable bonds is 6. The number of aromatic nitrogens is 2. The molecule has 5 rings (SSSR count). The first-order valence-corrected chi connectivity index (χ1v) is 12.8. The van der Waals surface area contributed by atoms with Gasteiger partial charge in [-0.3, -0.25) is 4.31 Å². The van der Waals surface area contributed by atoms with E-state index in [4.69, 9.17) is 4.74 Å². The van der Waals surface area contributed by atoms with Gasteiger partial charge in [0.25, 0.3) is 10.0 Å². The average Bonchev–Trinajstić information content (AvgIpc) is 2.87. The monoisotopic (exact) mass is 492 g/mol. The summed E-state index contributed by atoms with van der Waals surface area (Å²) < 4.78 is 33.5. The van der Waals surface area contributed by atoms with Crippen molar-refractivity contribution in [2.45, 2.75) is 4.90 Å². The smallest absolute Gasteiger partial charge is 0.268 e. The Morgan fingerprint density at radius 3 is 2.66 bits per heavy atom. The second-order valence-electron chi connectivity index (χ2n) is 8.55. The number of sulfonamides is 1. The van der Waals surface area contributed by atoms with Crippen LogP contribution >= 0.6 is 0 Å². The predicted octanol–water partition coefficient (Wildman–Crippen LogP) is 3.34. The number of hydrogen-bond acceptors (Lipinski definition) is 8. The van der Waals surface area contributed by atoms with Crippen molar-refractivity contribution in [3.05, 3.63) is 61.3 Å². The summed E-state index contributed by atoms with van der Waals surface area (Å²) in [6.45, 7) is 7.80. The zero-order valence-electron chi connectivity index (χ0n) is 19.8. The number of ether oxygens (including phenoxy) is 1. The van der Waals surface area contributed by atoms with Crippen LogP contribution in [0.1, 0.15) is 0 Å². The largest absolute Gasteiger partial charge is 0.494 e. The molecule has 1 N–H and O–H groups in total. The van der Waals surface area contributed by atoms with Crippen LogP contribution in [0.25, 0.3) is 11.3 Å². The fourth-order valence-electron chi connectivity index (χ4n) is 4.43. The summed E-state index contributed by atoms with van der Waals surface area (Å²) >= 11 is 0. The van der Waals surface area contributed by atoms with Crippen molar-refractivity contribution < 1.29 is 13.2 Å². The molecule has 3 aromatic rings. The van der Waals surface area contributed by atoms with E-state index >= 15 is 0 Å². The van der Waals surface area contributed by atoms with Crippen LogP contribution in [0.5, 0.6) is 5.75 Å². The molecule has 0 radical (unpaired) electrons. The van der Waals surface area contributed by atoms with Crippen LogP contribution in [0.15, 0.2) is 66.2 Å². The number of likely N-dealkylation sites (N-methyl/N-ethyl adjacent to an activating group) is 1. The van der Waals surface area contributed by atoms with Crippen molar-refractivity contribution in [2.24, 2.45) is 0 Å². The van der Waals surface area contributed by atoms with E-state index in [-0.39, 0.29) is 17.4 Å². The summed E-state index contributed by atoms with van der Waals surface area (Å²) in [5, 5.41) is 3.21. The number of nitrogens with zero attached hydrogens (tertiary/aromatic N) is 5. The maximum absolute atomic E-state index is 13.3. The van der Waals surface area contributed by atoms with E-state index in [9.17, 15) is 8.42 Å². The van der Waals surface area contributed by atoms with E-state index in [0.717, 1.165) is 37.4 Å². The van der Waals surface area contributed by atoms with Crippen molar-refractivity contribution in [1.29, 1.82) is 0 Å². The number of hydrogen-bond donors (Lipinski definition) is 1. The van der Waals surface area contributed by atoms with Gasteiger partial charge in [-0.1, -0.05) is 24.3 Å². The lowest BCUT2D eigenvalue weighted by molar-refractivity contribution is 0.312. The van der Waals surface area contributed by atoms with Gasteiger partial charge in [-0.15, -0.1) is 6.58 Å². The molecule has 9 nitrogen and oxygen atoms in total. The van der Waals surface area contributed by atoms with Crippen LogP contribution in [0.4, 0.5) is 23.0 Å². The van der Waals surface area contributed by atoms with Gasteiger partial charge in [0.05, 0.1) is 36.9 Å². The highest BCUT2D eigenvalue weighted by molar-refractivity contribution is 7.93. The molecule has 35 heavy (non-hydrogen) atoms. The molecule has 1 fully saturated rings. The summed E-state index contributed by atoms with van der Waals surface area (Å²) in [7, 11) is -0.0541. The molecule has 10 heteroatoms. The van der Waals surface area contributed by atoms with E-state index in [2.05, 4.69) is 38.7 Å². The van der Waals surface area contributed by atoms with Crippen molar-refractivity contribution in [3.63, 3.8) is 0 Å². The van der Waals surface area contributed by atoms with E-state index in [1.165, 1.54) is 10.5 Å². The van der Waals surface area contributed by atoms with Gasteiger partial charge in [0.1, 0.15) is 10.6 Å². The number of methoxy groups -OCH3 is 1. The van der Waals surface area contributed by atoms with Gasteiger partial charge in [0.2, 0.25) is 5.95 Å². The van der Waals surface area contributed by atoms with Crippen molar-refractivity contribution in [1.82, 2.24) is 14.9 Å². The minimum Gasteiger partial charge on any atom is -0.494 e. The van der Waals surface area contributed by atoms with Crippen LogP contribution in [0.2, 0.25) is 0 Å². The van der Waals surface area contributed by atoms with Crippen LogP contribution in [-0.4, -0.2) is 70.2 Å². The fourth-order valence-corrected chi connectivity index (χ4v) is 5.97. The van der Waals surface area contributed by atoms with Gasteiger partial charge in [-0.2, -0.15) is 0 Å². The van der Waals surface area contributed by atoms with Crippen LogP contribution in [0, 0.1) is 0 Å². The Balaban J connectivity index is 1.48. The third-order valence-electron chi connectivity index (χ3n) is 6.35. The van der Waals surface area contributed by atoms with Crippen LogP contribution in [0.3, 0.4) is 0 Å². The second kappa shape index (κ2) is 9.20. The maximum Gasteiger partial charge on any atom is 0.268 e. The van der Waals surface area contributed by atoms with Gasteiger partial charge in [0.15, 0.2) is 0 Å². The minimum atomic E-state index is -3.81. The Labute approximate surface area is 205 Å². The first kappa shape index (κ1) is 23.1. The third-order valence-corrected chi connectivity index (χ3v) is 8.13. The molecule has 0 aliphatic carbocycles. The van der Waals surface area contributed by atoms with Gasteiger partial charge in [-0.05, 0) is 25.2 Å². The SMILES string of the molecule is C=CCN1c2ccccc2-c2nc(Nc3ccc(N4CCN(C)CC4)cc3OC)ncc2S1(=O)=O. The van der Waals surface area contributed by atoms with Gasteiger partial charge < -0.3 is 19.9 Å². The molecule has 0 atom stereocenters. The van der Waals surface area contributed by atoms with Crippen LogP contribution in [-0.2, 0) is 10.0 Å². The van der Waals surface area contributed by atoms with E-state index in [1.807, 2.05) is 36.4 Å². The molecule has 2 aromatic carbocycles. The lowest BCUT2D eigenvalue weighted by Crippen LogP contribution is -2.44. The quantitative estimate of drug-likeness (QED) is 0.524. The Morgan fingerprint density at radius 1 is 1.14 bits per heavy atom. The number of fused-ring (bicyclic) bond motifs is 3. The van der Waals surface area contributed by atoms with Crippen molar-refractivity contribution in [3.8, 4) is 17.0 Å². The molecular weight excluding hydrogens is 464 g/mol. The first-order chi connectivity index (χ1) is 16.9. The molecule has 0 spiro atoms. The number of nitrogens with one attached hydrogen (secondary N) is 1. The highest BCUT2D eigenvalue weighted by Gasteiger charge is 2.35. The molecule has 1 saturated heterocycles. The molecule has 0 amide bonds. The molecule has 2 aliphatic rings. The lowest BCUT2D eigenvalue weighted by atomic mass is 10.1. The zero-order chi connectivity index (χ0) is 24.6. The van der Waals surface area contributed by atoms with Gasteiger partial charge >= 0.3 is 0 Å². The zero-order valence-corrected chi connectivity index (χ0v) is 20.6. The van der Waals surface area contributed by atoms with Gasteiger partial charge in [-0.25, -0.2) is 18.4 Å². The standard InChI is InChI=1S/C25H28N6O3S/c1-4-11-31-21-8-6-5-7-19(21)24-23(35(31,32)33)17-26-25(28-24)27-20-10-9-18(16-22(20)34-3)30-14-12-29(2)13-15-30/h4-10,16-17H,1,11-15H2,2-3H3,(H,26,27,28). The molecule has 0 unspecified atom stereocenters. The highest BCUT2D eigenvalue weighted by Crippen LogP contribution is 2.42. The van der Waals surface area contributed by atoms with E-state index < -0.39 is 10.0 Å². The molecule has 2 aliphatic heterocycles. The number of piperazine rings is 1. The fraction of sp³-hybridized carbons (Fsp3) is 0.280. The molecule has 1 aromatic heterocycles. The lowest BCUT2D eigenvalue weighted by Gasteiger charge is -2.34. The molecule has 182 valence electrons. The summed E-state index contributed by atoms with van der Waals surface area (Å²) in [5.74, 6) is 0.949. The summed E-state index contributed by atoms with van der Waals surface area (Å²) in [4.78, 5) is 13.6. The minimum absolute atomic E-state index is 0.0704. The summed E-state index contributed by atoms with van der Waals surface area (Å²) in [6, 6.07) is 13.3. The molecule has 0 bridgehead atoms. The van der Waals surface area contributed by atoms with Crippen molar-refractivity contribution in [2.75, 3.05) is 61.4 Å². The second-order valence-corrected chi connectivity index (χ2v) is 10.4. The van der Waals surface area contributed by atoms with Gasteiger partial charge in [0, 0.05) is 43.5 Å². The van der Waals surface area contributed by atoms with E-state index in [1.54, 1.807) is 19.3 Å². The maximum atomic E-state index is 13.3. The third kappa shape index (κ3) is 4.19. The summed E-state index contributed by atoms with van der Waals surface area (Å²) in [6.07, 6.45) is 2.92. The Morgan fingerprint density at radius 2 is 1.91 bits per heavy atom. The topological polar surface area (TPSA) is 90.9 Å². The molecule has 3 heterocycles. The molecular formula is C25H28N6O3S. The molecule has 0 saturated carbocycles. The first-order valence-electron chi connectivity index (χ1n) is 11.4. The number of para-hydroxylation sites is 1. The predicted molar refractivity (Wildman–Crippen MR) is 138 cm³/mol. The highest BCUT2D eigenvalue weighted by atomic mass is 32.2. The Bertz CT molecular complexity index is 1370. The number of anilines is 4. The summed E-state index contributed by atoms with van der Waals surface area (Å²) in [5.41, 5.74) is 3.45.